The van der Waals surface area contributed by atoms with E-state index in [2.05, 4.69) is 40.7 Å². The van der Waals surface area contributed by atoms with Crippen molar-refractivity contribution in [2.75, 3.05) is 14.1 Å². The maximum absolute atomic E-state index is 10.7. The third-order valence-corrected chi connectivity index (χ3v) is 3.32. The molecular formula is C15H16F3NO3S. The van der Waals surface area contributed by atoms with E-state index in [1.54, 1.807) is 0 Å². The molecule has 8 heteroatoms. The number of alkyl halides is 3. The van der Waals surface area contributed by atoms with Gasteiger partial charge in [-0.15, -0.1) is 0 Å². The second-order valence-electron chi connectivity index (χ2n) is 5.05. The molecule has 0 heterocycles. The van der Waals surface area contributed by atoms with Gasteiger partial charge < -0.3 is 4.55 Å². The lowest BCUT2D eigenvalue weighted by Gasteiger charge is -2.08. The van der Waals surface area contributed by atoms with Crippen LogP contribution >= 0.6 is 0 Å². The Morgan fingerprint density at radius 2 is 1.70 bits per heavy atom. The smallest absolute Gasteiger partial charge is 0.485 e. The van der Waals surface area contributed by atoms with Crippen molar-refractivity contribution in [2.24, 2.45) is 5.92 Å². The summed E-state index contributed by atoms with van der Waals surface area (Å²) in [6.07, 6.45) is 2.56. The van der Waals surface area contributed by atoms with Gasteiger partial charge in [0.25, 0.3) is 5.71 Å². The molecular weight excluding hydrogens is 331 g/mol. The first-order valence-electron chi connectivity index (χ1n) is 6.65. The Hall–Kier alpha value is -1.85. The number of hydrogen-bond donors (Lipinski definition) is 0. The van der Waals surface area contributed by atoms with E-state index in [1.165, 1.54) is 18.4 Å². The summed E-state index contributed by atoms with van der Waals surface area (Å²) in [5.41, 5.74) is -3.33. The van der Waals surface area contributed by atoms with Crippen molar-refractivity contribution >= 4 is 15.8 Å². The van der Waals surface area contributed by atoms with Gasteiger partial charge in [0.05, 0.1) is 5.56 Å². The van der Waals surface area contributed by atoms with E-state index in [-0.39, 0.29) is 0 Å². The molecule has 4 nitrogen and oxygen atoms in total. The average Bonchev–Trinajstić information content (AvgIpc) is 3.22. The van der Waals surface area contributed by atoms with Crippen LogP contribution in [0.25, 0.3) is 0 Å². The quantitative estimate of drug-likeness (QED) is 0.257. The summed E-state index contributed by atoms with van der Waals surface area (Å²) in [4.78, 5) is 0. The molecule has 0 radical (unpaired) electrons. The lowest BCUT2D eigenvalue weighted by molar-refractivity contribution is -0.462. The van der Waals surface area contributed by atoms with Gasteiger partial charge in [0, 0.05) is 11.8 Å². The molecule has 0 aliphatic heterocycles. The number of nitrogens with zero attached hydrogens (tertiary/aromatic N) is 1. The van der Waals surface area contributed by atoms with Gasteiger partial charge in [-0.1, -0.05) is 24.1 Å². The summed E-state index contributed by atoms with van der Waals surface area (Å²) in [5.74, 6) is 7.25. The number of hydrogen-bond acceptors (Lipinski definition) is 3. The molecule has 0 spiro atoms. The first-order valence-corrected chi connectivity index (χ1v) is 8.06. The highest BCUT2D eigenvalue weighted by atomic mass is 32.2. The van der Waals surface area contributed by atoms with Gasteiger partial charge in [0.15, 0.2) is 10.1 Å². The zero-order chi connectivity index (χ0) is 17.7. The Labute approximate surface area is 133 Å². The van der Waals surface area contributed by atoms with Crippen LogP contribution in [0.5, 0.6) is 0 Å². The molecule has 23 heavy (non-hydrogen) atoms. The fourth-order valence-corrected chi connectivity index (χ4v) is 1.44. The van der Waals surface area contributed by atoms with Gasteiger partial charge in [0.2, 0.25) is 0 Å². The number of benzene rings is 1. The van der Waals surface area contributed by atoms with Crippen LogP contribution in [-0.2, 0) is 10.1 Å². The lowest BCUT2D eigenvalue weighted by atomic mass is 10.1. The fourth-order valence-electron chi connectivity index (χ4n) is 1.44. The predicted octanol–water partition coefficient (Wildman–Crippen LogP) is 2.21. The monoisotopic (exact) mass is 347 g/mol. The Morgan fingerprint density at radius 3 is 2.04 bits per heavy atom. The summed E-state index contributed by atoms with van der Waals surface area (Å²) >= 11 is 0. The number of rotatable bonds is 1. The minimum Gasteiger partial charge on any atom is -0.741 e. The third-order valence-electron chi connectivity index (χ3n) is 2.75. The second-order valence-corrected chi connectivity index (χ2v) is 6.42. The zero-order valence-corrected chi connectivity index (χ0v) is 13.4. The van der Waals surface area contributed by atoms with E-state index in [0.717, 1.165) is 5.71 Å². The maximum atomic E-state index is 10.7. The third kappa shape index (κ3) is 6.84. The van der Waals surface area contributed by atoms with Crippen molar-refractivity contribution in [3.8, 4) is 11.8 Å². The normalized spacial score (nSPS) is 14.0. The van der Waals surface area contributed by atoms with Gasteiger partial charge >= 0.3 is 5.51 Å². The Bertz CT molecular complexity index is 721. The molecule has 1 saturated carbocycles. The van der Waals surface area contributed by atoms with E-state index < -0.39 is 15.6 Å². The number of halogens is 3. The topological polar surface area (TPSA) is 60.2 Å². The molecule has 1 aliphatic carbocycles. The highest BCUT2D eigenvalue weighted by molar-refractivity contribution is 7.86. The van der Waals surface area contributed by atoms with Crippen LogP contribution in [0.2, 0.25) is 0 Å². The van der Waals surface area contributed by atoms with Crippen molar-refractivity contribution in [3.05, 3.63) is 35.9 Å². The molecule has 126 valence electrons. The van der Waals surface area contributed by atoms with Gasteiger partial charge in [0.1, 0.15) is 14.1 Å². The summed E-state index contributed by atoms with van der Waals surface area (Å²) in [6.45, 7) is 0. The van der Waals surface area contributed by atoms with Crippen molar-refractivity contribution in [3.63, 3.8) is 0 Å². The maximum Gasteiger partial charge on any atom is 0.485 e. The van der Waals surface area contributed by atoms with Crippen LogP contribution < -0.4 is 0 Å². The van der Waals surface area contributed by atoms with Crippen LogP contribution in [0, 0.1) is 17.8 Å². The summed E-state index contributed by atoms with van der Waals surface area (Å²) in [7, 11) is -2.00. The minimum atomic E-state index is -6.09. The van der Waals surface area contributed by atoms with E-state index in [1.807, 2.05) is 20.2 Å². The SMILES string of the molecule is C[N+](C)=C(C#CC1CC1)c1ccccc1.O=S(=O)([O-])C(F)(F)F. The van der Waals surface area contributed by atoms with Crippen LogP contribution in [0.4, 0.5) is 13.2 Å². The van der Waals surface area contributed by atoms with Crippen LogP contribution in [0.3, 0.4) is 0 Å². The molecule has 1 aliphatic rings. The highest BCUT2D eigenvalue weighted by Gasteiger charge is 2.36. The summed E-state index contributed by atoms with van der Waals surface area (Å²) < 4.78 is 61.0. The zero-order valence-electron chi connectivity index (χ0n) is 12.6. The summed E-state index contributed by atoms with van der Waals surface area (Å²) in [5, 5.41) is 0. The second kappa shape index (κ2) is 7.62. The first-order chi connectivity index (χ1) is 10.5. The molecule has 0 bridgehead atoms. The molecule has 0 N–H and O–H groups in total. The molecule has 1 fully saturated rings. The molecule has 0 aromatic heterocycles. The van der Waals surface area contributed by atoms with Crippen LogP contribution in [0.1, 0.15) is 18.4 Å². The molecule has 2 rings (SSSR count). The van der Waals surface area contributed by atoms with Crippen molar-refractivity contribution in [2.45, 2.75) is 18.3 Å². The van der Waals surface area contributed by atoms with Crippen molar-refractivity contribution in [1.29, 1.82) is 0 Å². The van der Waals surface area contributed by atoms with E-state index in [4.69, 9.17) is 13.0 Å². The first kappa shape index (κ1) is 19.2. The van der Waals surface area contributed by atoms with E-state index in [0.29, 0.717) is 5.92 Å². The summed E-state index contributed by atoms with van der Waals surface area (Å²) in [6, 6.07) is 10.4. The van der Waals surface area contributed by atoms with E-state index in [9.17, 15) is 13.2 Å². The molecule has 0 atom stereocenters. The molecule has 0 amide bonds. The largest absolute Gasteiger partial charge is 0.741 e. The van der Waals surface area contributed by atoms with Crippen molar-refractivity contribution in [1.82, 2.24) is 0 Å². The molecule has 0 unspecified atom stereocenters. The van der Waals surface area contributed by atoms with Gasteiger partial charge in [-0.05, 0) is 25.0 Å². The molecule has 0 saturated heterocycles. The van der Waals surface area contributed by atoms with Gasteiger partial charge in [-0.2, -0.15) is 13.2 Å². The molecule has 1 aromatic rings. The fraction of sp³-hybridized carbons (Fsp3) is 0.400. The average molecular weight is 347 g/mol. The van der Waals surface area contributed by atoms with Gasteiger partial charge in [-0.3, -0.25) is 0 Å². The standard InChI is InChI=1S/C14H16N.CHF3O3S/c1-15(2)14(11-10-12-8-9-12)13-6-4-3-5-7-13;2-1(3,4)8(5,6)7/h3-7,12H,8-9H2,1-2H3;(H,5,6,7)/q+1;/p-1. The van der Waals surface area contributed by atoms with Crippen molar-refractivity contribution < 1.29 is 30.7 Å². The predicted molar refractivity (Wildman–Crippen MR) is 78.9 cm³/mol. The Morgan fingerprint density at radius 1 is 1.22 bits per heavy atom. The van der Waals surface area contributed by atoms with Crippen LogP contribution in [-0.4, -0.2) is 42.9 Å². The Balaban J connectivity index is 0.000000284. The van der Waals surface area contributed by atoms with Gasteiger partial charge in [-0.25, -0.2) is 13.0 Å². The minimum absolute atomic E-state index is 0.656. The lowest BCUT2D eigenvalue weighted by Crippen LogP contribution is -2.21. The molecule has 1 aromatic carbocycles. The van der Waals surface area contributed by atoms with Crippen LogP contribution in [0.15, 0.2) is 30.3 Å². The van der Waals surface area contributed by atoms with E-state index >= 15 is 0 Å². The highest BCUT2D eigenvalue weighted by Crippen LogP contribution is 2.27. The Kier molecular flexibility index (Phi) is 6.36.